The Morgan fingerprint density at radius 1 is 1.44 bits per heavy atom. The van der Waals surface area contributed by atoms with Gasteiger partial charge in [0.15, 0.2) is 0 Å². The monoisotopic (exact) mass is 360 g/mol. The van der Waals surface area contributed by atoms with Crippen LogP contribution in [0.15, 0.2) is 18.3 Å². The van der Waals surface area contributed by atoms with Crippen molar-refractivity contribution < 1.29 is 9.53 Å². The van der Waals surface area contributed by atoms with Gasteiger partial charge in [0.25, 0.3) is 0 Å². The second-order valence-electron chi connectivity index (χ2n) is 5.77. The molecule has 0 spiro atoms. The Morgan fingerprint density at radius 2 is 2.11 bits per heavy atom. The molecule has 1 aliphatic heterocycles. The Balaban J connectivity index is 2.28. The fourth-order valence-corrected chi connectivity index (χ4v) is 2.06. The Bertz CT molecular complexity index is 467. The first-order chi connectivity index (χ1) is 8.23. The molecule has 2 rings (SSSR count). The number of aromatic nitrogens is 1. The summed E-state index contributed by atoms with van der Waals surface area (Å²) in [7, 11) is 0. The largest absolute Gasteiger partial charge is 0.440 e. The molecule has 1 unspecified atom stereocenters. The van der Waals surface area contributed by atoms with E-state index in [1.807, 2.05) is 19.1 Å². The zero-order valence-electron chi connectivity index (χ0n) is 11.0. The second-order valence-corrected chi connectivity index (χ2v) is 7.02. The number of carbonyl (C=O) groups is 1. The van der Waals surface area contributed by atoms with E-state index < -0.39 is 5.60 Å². The van der Waals surface area contributed by atoms with Crippen LogP contribution in [0.2, 0.25) is 0 Å². The topological polar surface area (TPSA) is 42.4 Å². The first-order valence-corrected chi connectivity index (χ1v) is 6.93. The Hall–Kier alpha value is -0.850. The van der Waals surface area contributed by atoms with Crippen LogP contribution in [0.3, 0.4) is 0 Å². The van der Waals surface area contributed by atoms with Crippen molar-refractivity contribution in [2.24, 2.45) is 5.41 Å². The van der Waals surface area contributed by atoms with Gasteiger partial charge in [-0.05, 0) is 41.6 Å². The highest BCUT2D eigenvalue weighted by Crippen LogP contribution is 2.39. The lowest BCUT2D eigenvalue weighted by Crippen LogP contribution is -2.43. The predicted octanol–water partition coefficient (Wildman–Crippen LogP) is 3.45. The number of ether oxygens (including phenoxy) is 1. The first-order valence-electron chi connectivity index (χ1n) is 5.85. The SMILES string of the molecule is CC(C)(C)C1(C)CN(c2ccc(I)cn2)C(=O)O1. The van der Waals surface area contributed by atoms with Gasteiger partial charge in [0, 0.05) is 15.2 Å². The van der Waals surface area contributed by atoms with Gasteiger partial charge in [0.1, 0.15) is 11.4 Å². The Kier molecular flexibility index (Phi) is 3.29. The standard InChI is InChI=1S/C13H17IN2O2/c1-12(2,3)13(4)8-16(11(17)18-13)10-6-5-9(14)7-15-10/h5-7H,8H2,1-4H3. The van der Waals surface area contributed by atoms with Crippen LogP contribution < -0.4 is 4.90 Å². The van der Waals surface area contributed by atoms with Gasteiger partial charge in [-0.3, -0.25) is 4.90 Å². The molecule has 1 atom stereocenters. The lowest BCUT2D eigenvalue weighted by atomic mass is 9.78. The summed E-state index contributed by atoms with van der Waals surface area (Å²) < 4.78 is 6.60. The van der Waals surface area contributed by atoms with Crippen LogP contribution in [0.25, 0.3) is 0 Å². The summed E-state index contributed by atoms with van der Waals surface area (Å²) in [5.74, 6) is 0.647. The van der Waals surface area contributed by atoms with Crippen LogP contribution >= 0.6 is 22.6 Å². The molecule has 5 heteroatoms. The molecule has 0 radical (unpaired) electrons. The number of cyclic esters (lactones) is 1. The van der Waals surface area contributed by atoms with Crippen molar-refractivity contribution in [3.05, 3.63) is 21.9 Å². The molecule has 0 bridgehead atoms. The number of anilines is 1. The van der Waals surface area contributed by atoms with Gasteiger partial charge in [-0.15, -0.1) is 0 Å². The van der Waals surface area contributed by atoms with Gasteiger partial charge in [0.2, 0.25) is 0 Å². The molecule has 18 heavy (non-hydrogen) atoms. The van der Waals surface area contributed by atoms with E-state index in [0.29, 0.717) is 12.4 Å². The Labute approximate surface area is 121 Å². The maximum absolute atomic E-state index is 12.0. The summed E-state index contributed by atoms with van der Waals surface area (Å²) in [6.45, 7) is 8.72. The number of rotatable bonds is 1. The van der Waals surface area contributed by atoms with Crippen molar-refractivity contribution >= 4 is 34.5 Å². The molecule has 1 aromatic heterocycles. The number of pyridine rings is 1. The van der Waals surface area contributed by atoms with Crippen molar-refractivity contribution in [1.29, 1.82) is 0 Å². The molecular weight excluding hydrogens is 343 g/mol. The van der Waals surface area contributed by atoms with Crippen molar-refractivity contribution in [3.8, 4) is 0 Å². The van der Waals surface area contributed by atoms with Crippen LogP contribution in [0.4, 0.5) is 10.6 Å². The maximum Gasteiger partial charge on any atom is 0.416 e. The number of amides is 1. The minimum Gasteiger partial charge on any atom is -0.440 e. The highest BCUT2D eigenvalue weighted by atomic mass is 127. The zero-order valence-corrected chi connectivity index (χ0v) is 13.2. The maximum atomic E-state index is 12.0. The molecule has 0 saturated carbocycles. The van der Waals surface area contributed by atoms with Gasteiger partial charge in [-0.25, -0.2) is 9.78 Å². The summed E-state index contributed by atoms with van der Waals surface area (Å²) in [6.07, 6.45) is 1.43. The molecule has 1 amide bonds. The third-order valence-corrected chi connectivity index (χ3v) is 4.21. The number of hydrogen-bond acceptors (Lipinski definition) is 3. The van der Waals surface area contributed by atoms with E-state index in [2.05, 4.69) is 48.3 Å². The predicted molar refractivity (Wildman–Crippen MR) is 78.6 cm³/mol. The van der Waals surface area contributed by atoms with Crippen molar-refractivity contribution in [1.82, 2.24) is 4.98 Å². The molecule has 0 aliphatic carbocycles. The van der Waals surface area contributed by atoms with Gasteiger partial charge in [-0.1, -0.05) is 20.8 Å². The smallest absolute Gasteiger partial charge is 0.416 e. The highest BCUT2D eigenvalue weighted by molar-refractivity contribution is 14.1. The third kappa shape index (κ3) is 2.32. The molecule has 1 aliphatic rings. The molecular formula is C13H17IN2O2. The van der Waals surface area contributed by atoms with Gasteiger partial charge in [-0.2, -0.15) is 0 Å². The molecule has 98 valence electrons. The average molecular weight is 360 g/mol. The van der Waals surface area contributed by atoms with E-state index in [1.165, 1.54) is 0 Å². The van der Waals surface area contributed by atoms with E-state index in [-0.39, 0.29) is 11.5 Å². The van der Waals surface area contributed by atoms with Crippen molar-refractivity contribution in [2.75, 3.05) is 11.4 Å². The van der Waals surface area contributed by atoms with E-state index in [0.717, 1.165) is 3.57 Å². The molecule has 0 N–H and O–H groups in total. The Morgan fingerprint density at radius 3 is 2.56 bits per heavy atom. The number of hydrogen-bond donors (Lipinski definition) is 0. The van der Waals surface area contributed by atoms with E-state index in [1.54, 1.807) is 11.1 Å². The van der Waals surface area contributed by atoms with Crippen LogP contribution in [0, 0.1) is 8.99 Å². The number of nitrogens with zero attached hydrogens (tertiary/aromatic N) is 2. The summed E-state index contributed by atoms with van der Waals surface area (Å²) in [5, 5.41) is 0. The molecule has 1 saturated heterocycles. The van der Waals surface area contributed by atoms with Crippen molar-refractivity contribution in [3.63, 3.8) is 0 Å². The van der Waals surface area contributed by atoms with Gasteiger partial charge >= 0.3 is 6.09 Å². The summed E-state index contributed by atoms with van der Waals surface area (Å²) in [4.78, 5) is 17.9. The van der Waals surface area contributed by atoms with Crippen LogP contribution in [-0.4, -0.2) is 23.2 Å². The van der Waals surface area contributed by atoms with Crippen molar-refractivity contribution in [2.45, 2.75) is 33.3 Å². The van der Waals surface area contributed by atoms with Gasteiger partial charge in [0.05, 0.1) is 6.54 Å². The lowest BCUT2D eigenvalue weighted by Gasteiger charge is -2.35. The van der Waals surface area contributed by atoms with Crippen LogP contribution in [0.5, 0.6) is 0 Å². The number of halogens is 1. The minimum absolute atomic E-state index is 0.111. The quantitative estimate of drug-likeness (QED) is 0.721. The van der Waals surface area contributed by atoms with Gasteiger partial charge < -0.3 is 4.74 Å². The first kappa shape index (κ1) is 13.6. The minimum atomic E-state index is -0.491. The van der Waals surface area contributed by atoms with E-state index in [9.17, 15) is 4.79 Å². The van der Waals surface area contributed by atoms with Crippen LogP contribution in [0.1, 0.15) is 27.7 Å². The van der Waals surface area contributed by atoms with E-state index in [4.69, 9.17) is 4.74 Å². The second kappa shape index (κ2) is 4.36. The summed E-state index contributed by atoms with van der Waals surface area (Å²) >= 11 is 2.19. The zero-order chi connectivity index (χ0) is 13.6. The molecule has 1 aromatic rings. The lowest BCUT2D eigenvalue weighted by molar-refractivity contribution is -0.0152. The van der Waals surface area contributed by atoms with Crippen LogP contribution in [-0.2, 0) is 4.74 Å². The summed E-state index contributed by atoms with van der Waals surface area (Å²) in [6, 6.07) is 3.78. The normalized spacial score (nSPS) is 24.3. The molecule has 1 fully saturated rings. The average Bonchev–Trinajstić information content (AvgIpc) is 2.56. The fraction of sp³-hybridized carbons (Fsp3) is 0.538. The molecule has 0 aromatic carbocycles. The number of carbonyl (C=O) groups excluding carboxylic acids is 1. The summed E-state index contributed by atoms with van der Waals surface area (Å²) in [5.41, 5.74) is -0.602. The molecule has 4 nitrogen and oxygen atoms in total. The molecule has 2 heterocycles. The van der Waals surface area contributed by atoms with E-state index >= 15 is 0 Å². The highest BCUT2D eigenvalue weighted by Gasteiger charge is 2.50. The third-order valence-electron chi connectivity index (χ3n) is 3.57. The fourth-order valence-electron chi connectivity index (χ4n) is 1.74.